The zero-order valence-corrected chi connectivity index (χ0v) is 18.7. The van der Waals surface area contributed by atoms with E-state index in [-0.39, 0.29) is 17.8 Å². The Hall–Kier alpha value is -2.43. The second-order valence-corrected chi connectivity index (χ2v) is 10.2. The van der Waals surface area contributed by atoms with Gasteiger partial charge in [-0.15, -0.1) is 4.74 Å². The SMILES string of the molecule is CC1(C)SC(=S)N(Cc2c(F)cccc2F)C1n1oc(=O)n(-c2ccc(Cl)cc2)c1=O. The van der Waals surface area contributed by atoms with Gasteiger partial charge in [-0.1, -0.05) is 41.6 Å². The van der Waals surface area contributed by atoms with Crippen LogP contribution in [0.25, 0.3) is 5.69 Å². The van der Waals surface area contributed by atoms with Gasteiger partial charge in [0.05, 0.1) is 17.0 Å². The van der Waals surface area contributed by atoms with E-state index in [1.165, 1.54) is 47.0 Å². The van der Waals surface area contributed by atoms with Crippen molar-refractivity contribution in [3.05, 3.63) is 85.7 Å². The molecule has 0 bridgehead atoms. The quantitative estimate of drug-likeness (QED) is 0.515. The van der Waals surface area contributed by atoms with Gasteiger partial charge in [-0.2, -0.15) is 4.57 Å². The summed E-state index contributed by atoms with van der Waals surface area (Å²) in [4.78, 5) is 27.2. The number of thioether (sulfide) groups is 1. The molecule has 0 aliphatic carbocycles. The minimum atomic E-state index is -0.900. The molecule has 0 amide bonds. The summed E-state index contributed by atoms with van der Waals surface area (Å²) < 4.78 is 35.2. The van der Waals surface area contributed by atoms with Crippen molar-refractivity contribution < 1.29 is 13.3 Å². The summed E-state index contributed by atoms with van der Waals surface area (Å²) in [5.74, 6) is -2.37. The molecule has 6 nitrogen and oxygen atoms in total. The summed E-state index contributed by atoms with van der Waals surface area (Å²) in [5.41, 5.74) is -0.657. The Morgan fingerprint density at radius 1 is 1.13 bits per heavy atom. The minimum Gasteiger partial charge on any atom is -0.328 e. The van der Waals surface area contributed by atoms with E-state index in [0.717, 1.165) is 21.4 Å². The molecule has 0 N–H and O–H groups in total. The highest BCUT2D eigenvalue weighted by Gasteiger charge is 2.48. The fourth-order valence-corrected chi connectivity index (χ4v) is 5.52. The van der Waals surface area contributed by atoms with Crippen LogP contribution in [-0.2, 0) is 6.54 Å². The Labute approximate surface area is 190 Å². The molecule has 1 aliphatic heterocycles. The molecule has 1 aliphatic rings. The van der Waals surface area contributed by atoms with Crippen molar-refractivity contribution in [2.24, 2.45) is 0 Å². The molecule has 3 aromatic rings. The topological polar surface area (TPSA) is 60.4 Å². The highest BCUT2D eigenvalue weighted by Crippen LogP contribution is 2.47. The lowest BCUT2D eigenvalue weighted by atomic mass is 10.1. The molecule has 4 rings (SSSR count). The van der Waals surface area contributed by atoms with Crippen LogP contribution in [0.1, 0.15) is 25.6 Å². The van der Waals surface area contributed by atoms with Crippen molar-refractivity contribution in [3.63, 3.8) is 0 Å². The van der Waals surface area contributed by atoms with Crippen molar-refractivity contribution >= 4 is 39.9 Å². The van der Waals surface area contributed by atoms with Gasteiger partial charge in [0.1, 0.15) is 16.0 Å². The van der Waals surface area contributed by atoms with Crippen molar-refractivity contribution in [1.82, 2.24) is 14.2 Å². The Kier molecular flexibility index (Phi) is 5.57. The normalized spacial score (nSPS) is 18.0. The number of halogens is 3. The summed E-state index contributed by atoms with van der Waals surface area (Å²) in [5, 5.41) is 0.442. The third kappa shape index (κ3) is 3.83. The maximum atomic E-state index is 14.3. The van der Waals surface area contributed by atoms with E-state index in [1.54, 1.807) is 13.8 Å². The van der Waals surface area contributed by atoms with Gasteiger partial charge in [0, 0.05) is 10.6 Å². The molecule has 0 radical (unpaired) electrons. The summed E-state index contributed by atoms with van der Waals surface area (Å²) in [6.07, 6.45) is -0.891. The standard InChI is InChI=1S/C20H16ClF2N3O3S2/c1-20(2)16(24(19(30)31-20)10-13-14(22)4-3-5-15(13)23)26-17(27)25(18(28)29-26)12-8-6-11(21)7-9-12/h3-9,16H,10H2,1-2H3. The lowest BCUT2D eigenvalue weighted by Gasteiger charge is -2.30. The van der Waals surface area contributed by atoms with E-state index in [1.807, 2.05) is 0 Å². The van der Waals surface area contributed by atoms with Crippen LogP contribution in [0.5, 0.6) is 0 Å². The monoisotopic (exact) mass is 483 g/mol. The lowest BCUT2D eigenvalue weighted by molar-refractivity contribution is 0.0853. The Morgan fingerprint density at radius 3 is 2.35 bits per heavy atom. The Balaban J connectivity index is 1.82. The number of nitrogens with zero attached hydrogens (tertiary/aromatic N) is 3. The second-order valence-electron chi connectivity index (χ2n) is 7.45. The first-order valence-electron chi connectivity index (χ1n) is 9.13. The average molecular weight is 484 g/mol. The average Bonchev–Trinajstić information content (AvgIpc) is 3.09. The first kappa shape index (κ1) is 21.8. The smallest absolute Gasteiger partial charge is 0.328 e. The molecule has 31 heavy (non-hydrogen) atoms. The highest BCUT2D eigenvalue weighted by molar-refractivity contribution is 8.24. The molecule has 1 saturated heterocycles. The molecular formula is C20H16ClF2N3O3S2. The van der Waals surface area contributed by atoms with Gasteiger partial charge in [0.25, 0.3) is 0 Å². The number of thiocarbonyl (C=S) groups is 1. The molecule has 11 heteroatoms. The predicted octanol–water partition coefficient (Wildman–Crippen LogP) is 4.33. The Morgan fingerprint density at radius 2 is 1.74 bits per heavy atom. The van der Waals surface area contributed by atoms with Crippen LogP contribution >= 0.6 is 35.6 Å². The van der Waals surface area contributed by atoms with E-state index < -0.39 is 34.0 Å². The number of rotatable bonds is 4. The molecule has 1 aromatic heterocycles. The van der Waals surface area contributed by atoms with Crippen LogP contribution < -0.4 is 11.4 Å². The summed E-state index contributed by atoms with van der Waals surface area (Å²) in [6, 6.07) is 9.66. The van der Waals surface area contributed by atoms with Crippen molar-refractivity contribution in [1.29, 1.82) is 0 Å². The molecule has 162 valence electrons. The lowest BCUT2D eigenvalue weighted by Crippen LogP contribution is -2.42. The molecule has 0 spiro atoms. The van der Waals surface area contributed by atoms with E-state index >= 15 is 0 Å². The molecule has 2 heterocycles. The maximum absolute atomic E-state index is 14.3. The fourth-order valence-electron chi connectivity index (χ4n) is 3.53. The zero-order valence-electron chi connectivity index (χ0n) is 16.3. The van der Waals surface area contributed by atoms with Crippen LogP contribution in [-0.4, -0.2) is 23.3 Å². The molecule has 1 unspecified atom stereocenters. The van der Waals surface area contributed by atoms with Crippen LogP contribution in [0.2, 0.25) is 5.02 Å². The highest BCUT2D eigenvalue weighted by atomic mass is 35.5. The van der Waals surface area contributed by atoms with Crippen LogP contribution in [0.4, 0.5) is 8.78 Å². The van der Waals surface area contributed by atoms with Gasteiger partial charge in [-0.05, 0) is 50.2 Å². The summed E-state index contributed by atoms with van der Waals surface area (Å²) in [6.45, 7) is 3.37. The van der Waals surface area contributed by atoms with E-state index in [0.29, 0.717) is 9.34 Å². The Bertz CT molecular complexity index is 1260. The maximum Gasteiger partial charge on any atom is 0.447 e. The summed E-state index contributed by atoms with van der Waals surface area (Å²) >= 11 is 12.6. The van der Waals surface area contributed by atoms with Gasteiger partial charge >= 0.3 is 11.4 Å². The first-order chi connectivity index (χ1) is 14.6. The first-order valence-corrected chi connectivity index (χ1v) is 10.7. The van der Waals surface area contributed by atoms with E-state index in [4.69, 9.17) is 28.3 Å². The van der Waals surface area contributed by atoms with Crippen molar-refractivity contribution in [3.8, 4) is 5.69 Å². The molecule has 2 aromatic carbocycles. The van der Waals surface area contributed by atoms with Gasteiger partial charge < -0.3 is 9.42 Å². The number of aromatic nitrogens is 2. The van der Waals surface area contributed by atoms with Crippen LogP contribution in [0.3, 0.4) is 0 Å². The van der Waals surface area contributed by atoms with Crippen LogP contribution in [0.15, 0.2) is 56.6 Å². The number of benzene rings is 2. The van der Waals surface area contributed by atoms with Gasteiger partial charge in [-0.25, -0.2) is 18.4 Å². The predicted molar refractivity (Wildman–Crippen MR) is 119 cm³/mol. The fraction of sp³-hybridized carbons (Fsp3) is 0.250. The third-order valence-corrected chi connectivity index (χ3v) is 6.82. The number of hydrogen-bond donors (Lipinski definition) is 0. The molecule has 1 atom stereocenters. The van der Waals surface area contributed by atoms with Crippen molar-refractivity contribution in [2.45, 2.75) is 31.3 Å². The zero-order chi connectivity index (χ0) is 22.5. The van der Waals surface area contributed by atoms with Gasteiger partial charge in [-0.3, -0.25) is 0 Å². The molecular weight excluding hydrogens is 468 g/mol. The van der Waals surface area contributed by atoms with Crippen molar-refractivity contribution in [2.75, 3.05) is 0 Å². The second kappa shape index (κ2) is 7.92. The van der Waals surface area contributed by atoms with E-state index in [9.17, 15) is 18.4 Å². The minimum absolute atomic E-state index is 0.194. The largest absolute Gasteiger partial charge is 0.447 e. The van der Waals surface area contributed by atoms with E-state index in [2.05, 4.69) is 0 Å². The third-order valence-electron chi connectivity index (χ3n) is 4.94. The summed E-state index contributed by atoms with van der Waals surface area (Å²) in [7, 11) is 0. The van der Waals surface area contributed by atoms with Crippen LogP contribution in [0, 0.1) is 11.6 Å². The van der Waals surface area contributed by atoms with Gasteiger partial charge in [0.15, 0.2) is 6.17 Å². The number of hydrogen-bond acceptors (Lipinski definition) is 5. The van der Waals surface area contributed by atoms with Gasteiger partial charge in [0.2, 0.25) is 0 Å². The molecule has 1 fully saturated rings. The molecule has 0 saturated carbocycles.